The lowest BCUT2D eigenvalue weighted by Gasteiger charge is -2.36. The molecule has 1 saturated carbocycles. The SMILES string of the molecule is Cc1cnnn1Cc1ncn2c1CN(C(=O)C1(F)CCC1)CCC2. The molecule has 0 bridgehead atoms. The smallest absolute Gasteiger partial charge is 0.260 e. The van der Waals surface area contributed by atoms with Gasteiger partial charge in [0.1, 0.15) is 0 Å². The highest BCUT2D eigenvalue weighted by atomic mass is 19.1. The van der Waals surface area contributed by atoms with Crippen LogP contribution in [0.1, 0.15) is 42.8 Å². The molecule has 0 unspecified atom stereocenters. The second-order valence-electron chi connectivity index (χ2n) is 6.76. The fourth-order valence-electron chi connectivity index (χ4n) is 3.41. The van der Waals surface area contributed by atoms with Gasteiger partial charge in [-0.1, -0.05) is 5.21 Å². The van der Waals surface area contributed by atoms with Crippen molar-refractivity contribution in [3.05, 3.63) is 29.6 Å². The highest BCUT2D eigenvalue weighted by Crippen LogP contribution is 2.38. The maximum atomic E-state index is 14.5. The molecule has 3 heterocycles. The van der Waals surface area contributed by atoms with E-state index in [1.807, 2.05) is 6.92 Å². The van der Waals surface area contributed by atoms with E-state index in [4.69, 9.17) is 0 Å². The molecule has 2 aliphatic rings. The molecule has 1 aliphatic carbocycles. The van der Waals surface area contributed by atoms with Crippen LogP contribution in [0.25, 0.3) is 0 Å². The molecule has 7 nitrogen and oxygen atoms in total. The summed E-state index contributed by atoms with van der Waals surface area (Å²) in [5, 5.41) is 7.95. The van der Waals surface area contributed by atoms with Crippen molar-refractivity contribution in [1.29, 1.82) is 0 Å². The average Bonchev–Trinajstić information content (AvgIpc) is 3.04. The average molecular weight is 332 g/mol. The van der Waals surface area contributed by atoms with Gasteiger partial charge in [-0.25, -0.2) is 14.1 Å². The van der Waals surface area contributed by atoms with E-state index in [1.54, 1.807) is 22.1 Å². The first-order valence-electron chi connectivity index (χ1n) is 8.43. The summed E-state index contributed by atoms with van der Waals surface area (Å²) in [5.74, 6) is -0.355. The summed E-state index contributed by atoms with van der Waals surface area (Å²) in [7, 11) is 0. The maximum Gasteiger partial charge on any atom is 0.260 e. The van der Waals surface area contributed by atoms with Crippen LogP contribution in [0.5, 0.6) is 0 Å². The Labute approximate surface area is 139 Å². The van der Waals surface area contributed by atoms with Gasteiger partial charge in [-0.2, -0.15) is 0 Å². The van der Waals surface area contributed by atoms with E-state index < -0.39 is 5.67 Å². The second kappa shape index (κ2) is 5.68. The molecular weight excluding hydrogens is 311 g/mol. The number of aryl methyl sites for hydroxylation is 2. The van der Waals surface area contributed by atoms with Gasteiger partial charge in [0.15, 0.2) is 5.67 Å². The molecule has 0 saturated heterocycles. The molecule has 1 aliphatic heterocycles. The van der Waals surface area contributed by atoms with Crippen LogP contribution < -0.4 is 0 Å². The number of imidazole rings is 1. The Morgan fingerprint density at radius 3 is 2.83 bits per heavy atom. The van der Waals surface area contributed by atoms with Gasteiger partial charge in [0, 0.05) is 13.1 Å². The third-order valence-electron chi connectivity index (χ3n) is 5.13. The zero-order valence-electron chi connectivity index (χ0n) is 13.8. The van der Waals surface area contributed by atoms with Crippen molar-refractivity contribution >= 4 is 5.91 Å². The molecule has 2 aromatic heterocycles. The molecule has 1 fully saturated rings. The van der Waals surface area contributed by atoms with E-state index in [0.29, 0.717) is 32.5 Å². The molecule has 0 atom stereocenters. The Hall–Kier alpha value is -2.25. The number of aromatic nitrogens is 5. The molecular formula is C16H21FN6O. The molecule has 0 aromatic carbocycles. The highest BCUT2D eigenvalue weighted by Gasteiger charge is 2.47. The van der Waals surface area contributed by atoms with Crippen LogP contribution in [0.2, 0.25) is 0 Å². The first-order valence-corrected chi connectivity index (χ1v) is 8.43. The molecule has 2 aromatic rings. The number of fused-ring (bicyclic) bond motifs is 1. The lowest BCUT2D eigenvalue weighted by Crippen LogP contribution is -2.50. The number of halogens is 1. The predicted octanol–water partition coefficient (Wildman–Crippen LogP) is 1.46. The Bertz CT molecular complexity index is 762. The van der Waals surface area contributed by atoms with Crippen molar-refractivity contribution in [2.75, 3.05) is 6.54 Å². The molecule has 0 radical (unpaired) electrons. The van der Waals surface area contributed by atoms with Crippen molar-refractivity contribution in [1.82, 2.24) is 29.4 Å². The lowest BCUT2D eigenvalue weighted by atomic mass is 9.81. The highest BCUT2D eigenvalue weighted by molar-refractivity contribution is 5.86. The molecule has 8 heteroatoms. The van der Waals surface area contributed by atoms with Crippen LogP contribution in [0.4, 0.5) is 4.39 Å². The summed E-state index contributed by atoms with van der Waals surface area (Å²) >= 11 is 0. The summed E-state index contributed by atoms with van der Waals surface area (Å²) in [4.78, 5) is 18.7. The molecule has 0 N–H and O–H groups in total. The minimum atomic E-state index is -1.64. The summed E-state index contributed by atoms with van der Waals surface area (Å²) < 4.78 is 18.4. The van der Waals surface area contributed by atoms with Crippen LogP contribution in [0.15, 0.2) is 12.5 Å². The standard InChI is InChI=1S/C16H21FN6O/c1-12-8-19-20-23(12)9-13-14-10-21(6-3-7-22(14)11-18-13)15(24)16(17)4-2-5-16/h8,11H,2-7,9-10H2,1H3. The fourth-order valence-corrected chi connectivity index (χ4v) is 3.41. The van der Waals surface area contributed by atoms with Crippen LogP contribution in [0, 0.1) is 6.92 Å². The number of hydrogen-bond acceptors (Lipinski definition) is 4. The van der Waals surface area contributed by atoms with Gasteiger partial charge in [-0.3, -0.25) is 4.79 Å². The normalized spacial score (nSPS) is 19.5. The molecule has 4 rings (SSSR count). The zero-order chi connectivity index (χ0) is 16.7. The minimum absolute atomic E-state index is 0.354. The quantitative estimate of drug-likeness (QED) is 0.853. The van der Waals surface area contributed by atoms with Gasteiger partial charge in [0.25, 0.3) is 5.91 Å². The summed E-state index contributed by atoms with van der Waals surface area (Å²) in [6.07, 6.45) is 5.82. The van der Waals surface area contributed by atoms with Crippen LogP contribution in [0.3, 0.4) is 0 Å². The van der Waals surface area contributed by atoms with Crippen LogP contribution >= 0.6 is 0 Å². The summed E-state index contributed by atoms with van der Waals surface area (Å²) in [5.41, 5.74) is 1.15. The Balaban J connectivity index is 1.58. The van der Waals surface area contributed by atoms with Gasteiger partial charge in [-0.05, 0) is 32.6 Å². The van der Waals surface area contributed by atoms with E-state index in [2.05, 4.69) is 19.9 Å². The van der Waals surface area contributed by atoms with Crippen molar-refractivity contribution in [2.24, 2.45) is 0 Å². The van der Waals surface area contributed by atoms with E-state index in [0.717, 1.165) is 36.5 Å². The van der Waals surface area contributed by atoms with Gasteiger partial charge in [0.05, 0.1) is 42.7 Å². The van der Waals surface area contributed by atoms with Crippen molar-refractivity contribution in [2.45, 2.75) is 57.9 Å². The van der Waals surface area contributed by atoms with Crippen LogP contribution in [-0.2, 0) is 24.4 Å². The van der Waals surface area contributed by atoms with Crippen molar-refractivity contribution in [3.63, 3.8) is 0 Å². The number of amides is 1. The molecule has 1 amide bonds. The first-order chi connectivity index (χ1) is 11.6. The monoisotopic (exact) mass is 332 g/mol. The Kier molecular flexibility index (Phi) is 3.62. The third-order valence-corrected chi connectivity index (χ3v) is 5.13. The largest absolute Gasteiger partial charge is 0.334 e. The molecule has 0 spiro atoms. The maximum absolute atomic E-state index is 14.5. The summed E-state index contributed by atoms with van der Waals surface area (Å²) in [6.45, 7) is 4.24. The number of rotatable bonds is 3. The number of alkyl halides is 1. The predicted molar refractivity (Wildman–Crippen MR) is 83.8 cm³/mol. The van der Waals surface area contributed by atoms with Crippen molar-refractivity contribution < 1.29 is 9.18 Å². The molecule has 128 valence electrons. The summed E-state index contributed by atoms with van der Waals surface area (Å²) in [6, 6.07) is 0. The first kappa shape index (κ1) is 15.3. The van der Waals surface area contributed by atoms with Crippen molar-refractivity contribution in [3.8, 4) is 0 Å². The third kappa shape index (κ3) is 2.50. The molecule has 24 heavy (non-hydrogen) atoms. The number of nitrogens with zero attached hydrogens (tertiary/aromatic N) is 6. The number of carbonyl (C=O) groups excluding carboxylic acids is 1. The zero-order valence-corrected chi connectivity index (χ0v) is 13.8. The van der Waals surface area contributed by atoms with Gasteiger partial charge >= 0.3 is 0 Å². The van der Waals surface area contributed by atoms with E-state index in [9.17, 15) is 9.18 Å². The van der Waals surface area contributed by atoms with Crippen LogP contribution in [-0.4, -0.2) is 47.6 Å². The second-order valence-corrected chi connectivity index (χ2v) is 6.76. The lowest BCUT2D eigenvalue weighted by molar-refractivity contribution is -0.150. The number of hydrogen-bond donors (Lipinski definition) is 0. The van der Waals surface area contributed by atoms with E-state index >= 15 is 0 Å². The van der Waals surface area contributed by atoms with Gasteiger partial charge in [0.2, 0.25) is 0 Å². The number of carbonyl (C=O) groups is 1. The topological polar surface area (TPSA) is 68.8 Å². The minimum Gasteiger partial charge on any atom is -0.334 e. The van der Waals surface area contributed by atoms with Gasteiger partial charge < -0.3 is 9.47 Å². The Morgan fingerprint density at radius 2 is 2.17 bits per heavy atom. The van der Waals surface area contributed by atoms with Gasteiger partial charge in [-0.15, -0.1) is 5.10 Å². The Morgan fingerprint density at radius 1 is 1.33 bits per heavy atom. The fraction of sp³-hybridized carbons (Fsp3) is 0.625. The van der Waals surface area contributed by atoms with E-state index in [-0.39, 0.29) is 5.91 Å². The van der Waals surface area contributed by atoms with E-state index in [1.165, 1.54) is 0 Å².